The molecule has 0 N–H and O–H groups in total. The number of nitrogens with zero attached hydrogens (tertiary/aromatic N) is 1. The Hall–Kier alpha value is -0.270. The molecule has 0 atom stereocenters. The molecule has 13 heavy (non-hydrogen) atoms. The zero-order chi connectivity index (χ0) is 8.55. The molecule has 0 radical (unpaired) electrons. The van der Waals surface area contributed by atoms with Crippen molar-refractivity contribution in [2.24, 2.45) is 0 Å². The van der Waals surface area contributed by atoms with E-state index in [1.807, 2.05) is 13.0 Å². The number of fused-ring (bicyclic) bond motifs is 1. The van der Waals surface area contributed by atoms with E-state index in [0.29, 0.717) is 0 Å². The molecule has 0 saturated heterocycles. The molecule has 0 bridgehead atoms. The normalized spacial score (nSPS) is 14.6. The summed E-state index contributed by atoms with van der Waals surface area (Å²) in [5.74, 6) is 0. The van der Waals surface area contributed by atoms with Crippen LogP contribution in [0.25, 0.3) is 0 Å². The lowest BCUT2D eigenvalue weighted by Gasteiger charge is -2.16. The van der Waals surface area contributed by atoms with Crippen LogP contribution in [0.4, 0.5) is 0 Å². The Kier molecular flexibility index (Phi) is 3.57. The summed E-state index contributed by atoms with van der Waals surface area (Å²) < 4.78 is 0. The monoisotopic (exact) mass is 217 g/mol. The van der Waals surface area contributed by atoms with Gasteiger partial charge in [0, 0.05) is 16.4 Å². The van der Waals surface area contributed by atoms with E-state index in [1.54, 1.807) is 0 Å². The quantitative estimate of drug-likeness (QED) is 0.650. The lowest BCUT2D eigenvalue weighted by atomic mass is 9.96. The van der Waals surface area contributed by atoms with Crippen LogP contribution in [0.2, 0.25) is 5.02 Å². The van der Waals surface area contributed by atoms with Crippen molar-refractivity contribution in [1.29, 1.82) is 0 Å². The minimum atomic E-state index is 0. The standard InChI is InChI=1S/C10H12ClN.ClH/c1-7-6-9(11)8-4-2-3-5-10(8)12-7;/h6H,2-5H2,1H3;1H. The predicted molar refractivity (Wildman–Crippen MR) is 57.9 cm³/mol. The van der Waals surface area contributed by atoms with Crippen LogP contribution in [-0.2, 0) is 12.8 Å². The van der Waals surface area contributed by atoms with Gasteiger partial charge in [0.15, 0.2) is 0 Å². The highest BCUT2D eigenvalue weighted by atomic mass is 35.5. The SMILES string of the molecule is Cc1cc(Cl)c2c(n1)CCCC2.Cl. The van der Waals surface area contributed by atoms with Crippen LogP contribution in [0.3, 0.4) is 0 Å². The van der Waals surface area contributed by atoms with E-state index in [0.717, 1.165) is 23.6 Å². The maximum atomic E-state index is 6.11. The average molecular weight is 218 g/mol. The second-order valence-corrected chi connectivity index (χ2v) is 3.79. The summed E-state index contributed by atoms with van der Waals surface area (Å²) in [5.41, 5.74) is 3.56. The molecule has 0 saturated carbocycles. The van der Waals surface area contributed by atoms with Gasteiger partial charge < -0.3 is 0 Å². The van der Waals surface area contributed by atoms with Crippen molar-refractivity contribution < 1.29 is 0 Å². The zero-order valence-corrected chi connectivity index (χ0v) is 9.21. The molecule has 1 aliphatic carbocycles. The van der Waals surface area contributed by atoms with E-state index < -0.39 is 0 Å². The van der Waals surface area contributed by atoms with Crippen LogP contribution in [0, 0.1) is 6.92 Å². The Bertz CT molecular complexity index is 310. The Morgan fingerprint density at radius 3 is 2.77 bits per heavy atom. The van der Waals surface area contributed by atoms with Crippen molar-refractivity contribution in [3.05, 3.63) is 28.0 Å². The van der Waals surface area contributed by atoms with Gasteiger partial charge in [-0.3, -0.25) is 4.98 Å². The molecule has 0 fully saturated rings. The van der Waals surface area contributed by atoms with E-state index in [4.69, 9.17) is 11.6 Å². The highest BCUT2D eigenvalue weighted by Crippen LogP contribution is 2.26. The number of aryl methyl sites for hydroxylation is 2. The minimum Gasteiger partial charge on any atom is -0.258 e. The van der Waals surface area contributed by atoms with Crippen LogP contribution in [0.15, 0.2) is 6.07 Å². The molecule has 3 heteroatoms. The van der Waals surface area contributed by atoms with Crippen molar-refractivity contribution >= 4 is 24.0 Å². The first-order valence-electron chi connectivity index (χ1n) is 4.42. The molecule has 1 nitrogen and oxygen atoms in total. The molecular formula is C10H13Cl2N. The first-order chi connectivity index (χ1) is 5.77. The molecule has 0 aliphatic heterocycles. The van der Waals surface area contributed by atoms with Crippen molar-refractivity contribution in [3.63, 3.8) is 0 Å². The third kappa shape index (κ3) is 2.15. The van der Waals surface area contributed by atoms with Crippen molar-refractivity contribution in [1.82, 2.24) is 4.98 Å². The van der Waals surface area contributed by atoms with Crippen molar-refractivity contribution in [3.8, 4) is 0 Å². The fourth-order valence-corrected chi connectivity index (χ4v) is 2.15. The molecular weight excluding hydrogens is 205 g/mol. The fourth-order valence-electron chi connectivity index (χ4n) is 1.79. The zero-order valence-electron chi connectivity index (χ0n) is 7.64. The van der Waals surface area contributed by atoms with E-state index in [9.17, 15) is 0 Å². The van der Waals surface area contributed by atoms with Crippen LogP contribution in [0.1, 0.15) is 29.8 Å². The second kappa shape index (κ2) is 4.30. The summed E-state index contributed by atoms with van der Waals surface area (Å²) in [4.78, 5) is 4.49. The van der Waals surface area contributed by atoms with Crippen LogP contribution in [0.5, 0.6) is 0 Å². The van der Waals surface area contributed by atoms with Gasteiger partial charge in [-0.05, 0) is 44.2 Å². The highest BCUT2D eigenvalue weighted by Gasteiger charge is 2.13. The van der Waals surface area contributed by atoms with Gasteiger partial charge in [0.25, 0.3) is 0 Å². The van der Waals surface area contributed by atoms with Gasteiger partial charge in [0.2, 0.25) is 0 Å². The number of aromatic nitrogens is 1. The van der Waals surface area contributed by atoms with Crippen LogP contribution >= 0.6 is 24.0 Å². The van der Waals surface area contributed by atoms with Gasteiger partial charge in [0.05, 0.1) is 0 Å². The maximum absolute atomic E-state index is 6.11. The van der Waals surface area contributed by atoms with Gasteiger partial charge in [-0.1, -0.05) is 11.6 Å². The van der Waals surface area contributed by atoms with Crippen LogP contribution < -0.4 is 0 Å². The number of hydrogen-bond acceptors (Lipinski definition) is 1. The van der Waals surface area contributed by atoms with E-state index in [-0.39, 0.29) is 12.4 Å². The average Bonchev–Trinajstić information content (AvgIpc) is 2.04. The van der Waals surface area contributed by atoms with E-state index in [2.05, 4.69) is 4.98 Å². The number of rotatable bonds is 0. The third-order valence-electron chi connectivity index (χ3n) is 2.37. The van der Waals surface area contributed by atoms with Gasteiger partial charge in [-0.2, -0.15) is 0 Å². The van der Waals surface area contributed by atoms with Crippen LogP contribution in [-0.4, -0.2) is 4.98 Å². The Labute approximate surface area is 89.9 Å². The summed E-state index contributed by atoms with van der Waals surface area (Å²) >= 11 is 6.11. The Balaban J connectivity index is 0.000000845. The molecule has 0 spiro atoms. The Morgan fingerprint density at radius 1 is 1.31 bits per heavy atom. The van der Waals surface area contributed by atoms with Crippen molar-refractivity contribution in [2.45, 2.75) is 32.6 Å². The fraction of sp³-hybridized carbons (Fsp3) is 0.500. The predicted octanol–water partition coefficient (Wildman–Crippen LogP) is 3.34. The summed E-state index contributed by atoms with van der Waals surface area (Å²) in [5, 5.41) is 0.914. The number of halogens is 2. The first kappa shape index (κ1) is 10.8. The summed E-state index contributed by atoms with van der Waals surface area (Å²) in [6.07, 6.45) is 4.75. The van der Waals surface area contributed by atoms with Crippen molar-refractivity contribution in [2.75, 3.05) is 0 Å². The molecule has 1 aromatic heterocycles. The lowest BCUT2D eigenvalue weighted by molar-refractivity contribution is 0.665. The topological polar surface area (TPSA) is 12.9 Å². The molecule has 1 heterocycles. The first-order valence-corrected chi connectivity index (χ1v) is 4.80. The summed E-state index contributed by atoms with van der Waals surface area (Å²) in [6, 6.07) is 1.96. The Morgan fingerprint density at radius 2 is 2.00 bits per heavy atom. The number of hydrogen-bond donors (Lipinski definition) is 0. The molecule has 2 rings (SSSR count). The number of pyridine rings is 1. The largest absolute Gasteiger partial charge is 0.258 e. The molecule has 0 unspecified atom stereocenters. The lowest BCUT2D eigenvalue weighted by Crippen LogP contribution is -2.06. The maximum Gasteiger partial charge on any atom is 0.0474 e. The third-order valence-corrected chi connectivity index (χ3v) is 2.71. The summed E-state index contributed by atoms with van der Waals surface area (Å²) in [7, 11) is 0. The second-order valence-electron chi connectivity index (χ2n) is 3.38. The van der Waals surface area contributed by atoms with Gasteiger partial charge in [-0.25, -0.2) is 0 Å². The molecule has 72 valence electrons. The van der Waals surface area contributed by atoms with Gasteiger partial charge >= 0.3 is 0 Å². The molecule has 1 aromatic rings. The van der Waals surface area contributed by atoms with E-state index >= 15 is 0 Å². The van der Waals surface area contributed by atoms with Gasteiger partial charge in [-0.15, -0.1) is 12.4 Å². The van der Waals surface area contributed by atoms with Gasteiger partial charge in [0.1, 0.15) is 0 Å². The highest BCUT2D eigenvalue weighted by molar-refractivity contribution is 6.31. The molecule has 0 amide bonds. The molecule has 1 aliphatic rings. The smallest absolute Gasteiger partial charge is 0.0474 e. The summed E-state index contributed by atoms with van der Waals surface area (Å²) in [6.45, 7) is 2.00. The molecule has 0 aromatic carbocycles. The van der Waals surface area contributed by atoms with E-state index in [1.165, 1.54) is 24.1 Å². The minimum absolute atomic E-state index is 0.